The van der Waals surface area contributed by atoms with Crippen LogP contribution in [0.2, 0.25) is 0 Å². The Balaban J connectivity index is 2.09. The quantitative estimate of drug-likeness (QED) is 0.727. The molecule has 2 heterocycles. The number of carbonyl (C=O) groups excluding carboxylic acids is 1. The van der Waals surface area contributed by atoms with Gasteiger partial charge in [-0.25, -0.2) is 20.0 Å². The molecule has 7 nitrogen and oxygen atoms in total. The van der Waals surface area contributed by atoms with Crippen molar-refractivity contribution in [1.82, 2.24) is 9.97 Å². The predicted octanol–water partition coefficient (Wildman–Crippen LogP) is 1.69. The van der Waals surface area contributed by atoms with Crippen LogP contribution in [-0.2, 0) is 4.79 Å². The molecule has 0 fully saturated rings. The average Bonchev–Trinajstić information content (AvgIpc) is 2.66. The van der Waals surface area contributed by atoms with Crippen molar-refractivity contribution in [2.24, 2.45) is 15.0 Å². The molecule has 0 atom stereocenters. The Kier molecular flexibility index (Phi) is 5.87. The summed E-state index contributed by atoms with van der Waals surface area (Å²) in [5.41, 5.74) is 1.10. The minimum absolute atomic E-state index is 0.136. The third-order valence-electron chi connectivity index (χ3n) is 3.21. The largest absolute Gasteiger partial charge is 0.463 e. The number of ether oxygens (including phenoxy) is 1. The van der Waals surface area contributed by atoms with Gasteiger partial charge in [-0.05, 0) is 30.4 Å². The molecule has 26 heavy (non-hydrogen) atoms. The highest BCUT2D eigenvalue weighted by Gasteiger charge is 2.01. The molecule has 0 unspecified atom stereocenters. The average molecular weight is 345 g/mol. The van der Waals surface area contributed by atoms with Gasteiger partial charge in [0, 0.05) is 30.0 Å². The number of aliphatic imine (C=N–C) groups is 2. The van der Waals surface area contributed by atoms with E-state index in [0.717, 1.165) is 0 Å². The third kappa shape index (κ3) is 4.88. The van der Waals surface area contributed by atoms with E-state index in [1.54, 1.807) is 36.7 Å². The number of rotatable bonds is 0. The second-order valence-corrected chi connectivity index (χ2v) is 5.05. The summed E-state index contributed by atoms with van der Waals surface area (Å²) in [7, 11) is 0. The highest BCUT2D eigenvalue weighted by molar-refractivity contribution is 5.92. The lowest BCUT2D eigenvalue weighted by Gasteiger charge is -2.03. The number of amides is 1. The van der Waals surface area contributed by atoms with Crippen LogP contribution >= 0.6 is 0 Å². The van der Waals surface area contributed by atoms with E-state index in [4.69, 9.17) is 4.74 Å². The van der Waals surface area contributed by atoms with Gasteiger partial charge >= 0.3 is 0 Å². The molecule has 0 aliphatic carbocycles. The SMILES string of the molecule is O=C1C/C=C\Oc2ccccc2N=c2ncnc/c2=C/C=N\C=C/C=N1. The minimum atomic E-state index is -0.282. The second-order valence-electron chi connectivity index (χ2n) is 5.05. The smallest absolute Gasteiger partial charge is 0.249 e. The van der Waals surface area contributed by atoms with Crippen molar-refractivity contribution in [3.63, 3.8) is 0 Å². The number of hydrogen-bond donors (Lipinski definition) is 0. The first-order chi connectivity index (χ1) is 12.8. The van der Waals surface area contributed by atoms with Crippen LogP contribution in [0.15, 0.2) is 76.4 Å². The highest BCUT2D eigenvalue weighted by atomic mass is 16.5. The van der Waals surface area contributed by atoms with Crippen LogP contribution in [0.1, 0.15) is 6.42 Å². The Morgan fingerprint density at radius 1 is 1.12 bits per heavy atom. The van der Waals surface area contributed by atoms with E-state index in [1.165, 1.54) is 25.0 Å². The highest BCUT2D eigenvalue weighted by Crippen LogP contribution is 2.26. The molecule has 0 saturated carbocycles. The normalized spacial score (nSPS) is 19.4. The van der Waals surface area contributed by atoms with Crippen molar-refractivity contribution < 1.29 is 9.53 Å². The fourth-order valence-corrected chi connectivity index (χ4v) is 2.02. The number of aromatic nitrogens is 2. The van der Waals surface area contributed by atoms with E-state index >= 15 is 0 Å². The monoisotopic (exact) mass is 345 g/mol. The van der Waals surface area contributed by atoms with Gasteiger partial charge in [-0.3, -0.25) is 9.79 Å². The van der Waals surface area contributed by atoms with Gasteiger partial charge in [0.05, 0.1) is 12.7 Å². The molecule has 0 radical (unpaired) electrons. The zero-order valence-electron chi connectivity index (χ0n) is 13.8. The summed E-state index contributed by atoms with van der Waals surface area (Å²) in [6.07, 6.45) is 14.1. The summed E-state index contributed by atoms with van der Waals surface area (Å²) in [4.78, 5) is 32.3. The van der Waals surface area contributed by atoms with Crippen LogP contribution in [0.25, 0.3) is 6.08 Å². The van der Waals surface area contributed by atoms with Crippen molar-refractivity contribution in [2.75, 3.05) is 0 Å². The van der Waals surface area contributed by atoms with Gasteiger partial charge in [-0.15, -0.1) is 0 Å². The topological polar surface area (TPSA) is 89.2 Å². The van der Waals surface area contributed by atoms with Crippen molar-refractivity contribution in [1.29, 1.82) is 0 Å². The fourth-order valence-electron chi connectivity index (χ4n) is 2.02. The molecule has 0 N–H and O–H groups in total. The lowest BCUT2D eigenvalue weighted by molar-refractivity contribution is -0.116. The predicted molar refractivity (Wildman–Crippen MR) is 98.9 cm³/mol. The lowest BCUT2D eigenvalue weighted by atomic mass is 10.3. The molecule has 1 aromatic carbocycles. The first-order valence-corrected chi connectivity index (χ1v) is 7.84. The number of nitrogens with zero attached hydrogens (tertiary/aromatic N) is 5. The summed E-state index contributed by atoms with van der Waals surface area (Å²) in [5.74, 6) is 0.263. The maximum atomic E-state index is 11.6. The third-order valence-corrected chi connectivity index (χ3v) is 3.21. The zero-order valence-corrected chi connectivity index (χ0v) is 13.8. The number of allylic oxidation sites excluding steroid dienone is 1. The number of carbonyl (C=O) groups is 1. The standard InChI is InChI=1S/C19H15N5O2/c25-18-7-3-12-26-17-6-2-1-5-16(17)24-19-15(13-21-14-23-19)8-11-20-9-4-10-22-18/h1-6,8-14H,7H2/b9-4-,12-3-,15-8-,20-11-,22-10?,24-19?. The molecule has 0 saturated heterocycles. The summed E-state index contributed by atoms with van der Waals surface area (Å²) in [5, 5.41) is 0.711. The van der Waals surface area contributed by atoms with Crippen molar-refractivity contribution in [3.8, 4) is 5.75 Å². The summed E-state index contributed by atoms with van der Waals surface area (Å²) in [6, 6.07) is 7.29. The summed E-state index contributed by atoms with van der Waals surface area (Å²) in [6.45, 7) is 0. The molecule has 2 aromatic rings. The number of fused-ring (bicyclic) bond motifs is 2. The van der Waals surface area contributed by atoms with Crippen LogP contribution in [0.3, 0.4) is 0 Å². The van der Waals surface area contributed by atoms with Crippen molar-refractivity contribution in [3.05, 3.63) is 72.1 Å². The Labute approximate surface area is 149 Å². The van der Waals surface area contributed by atoms with E-state index in [-0.39, 0.29) is 12.3 Å². The van der Waals surface area contributed by atoms with E-state index in [9.17, 15) is 4.79 Å². The Morgan fingerprint density at radius 3 is 3.00 bits per heavy atom. The van der Waals surface area contributed by atoms with Gasteiger partial charge in [0.2, 0.25) is 5.91 Å². The summed E-state index contributed by atoms with van der Waals surface area (Å²) >= 11 is 0. The maximum Gasteiger partial charge on any atom is 0.249 e. The molecule has 1 aliphatic heterocycles. The van der Waals surface area contributed by atoms with Gasteiger partial charge in [0.1, 0.15) is 12.0 Å². The molecule has 128 valence electrons. The van der Waals surface area contributed by atoms with Gasteiger partial charge in [-0.2, -0.15) is 0 Å². The Morgan fingerprint density at radius 2 is 2.04 bits per heavy atom. The van der Waals surface area contributed by atoms with Crippen LogP contribution in [0.4, 0.5) is 5.69 Å². The Bertz CT molecular complexity index is 1020. The van der Waals surface area contributed by atoms with Crippen molar-refractivity contribution >= 4 is 30.1 Å². The van der Waals surface area contributed by atoms with Crippen LogP contribution in [0, 0.1) is 0 Å². The molecule has 1 aromatic heterocycles. The van der Waals surface area contributed by atoms with E-state index < -0.39 is 0 Å². The van der Waals surface area contributed by atoms with Crippen LogP contribution in [0.5, 0.6) is 5.75 Å². The number of hydrogen-bond acceptors (Lipinski definition) is 6. The number of para-hydroxylation sites is 2. The van der Waals surface area contributed by atoms with Crippen LogP contribution < -0.4 is 15.4 Å². The second kappa shape index (κ2) is 8.93. The van der Waals surface area contributed by atoms with E-state index in [2.05, 4.69) is 24.9 Å². The molecule has 0 spiro atoms. The maximum absolute atomic E-state index is 11.6. The molecule has 1 amide bonds. The zero-order chi connectivity index (χ0) is 18.0. The number of benzene rings is 1. The molecule has 7 heteroatoms. The molecule has 0 bridgehead atoms. The van der Waals surface area contributed by atoms with E-state index in [1.807, 2.05) is 18.2 Å². The molecule has 1 aliphatic rings. The summed E-state index contributed by atoms with van der Waals surface area (Å²) < 4.78 is 5.60. The van der Waals surface area contributed by atoms with Crippen molar-refractivity contribution in [2.45, 2.75) is 6.42 Å². The van der Waals surface area contributed by atoms with Gasteiger partial charge < -0.3 is 4.74 Å². The lowest BCUT2D eigenvalue weighted by Crippen LogP contribution is -2.28. The molecule has 3 rings (SSSR count). The van der Waals surface area contributed by atoms with Gasteiger partial charge in [0.15, 0.2) is 11.2 Å². The Hall–Kier alpha value is -3.74. The van der Waals surface area contributed by atoms with Gasteiger partial charge in [-0.1, -0.05) is 12.1 Å². The van der Waals surface area contributed by atoms with E-state index in [0.29, 0.717) is 22.1 Å². The first kappa shape index (κ1) is 17.1. The molecular weight excluding hydrogens is 330 g/mol. The minimum Gasteiger partial charge on any atom is -0.463 e. The first-order valence-electron chi connectivity index (χ1n) is 7.84. The fraction of sp³-hybridized carbons (Fsp3) is 0.0526. The van der Waals surface area contributed by atoms with Crippen LogP contribution in [-0.4, -0.2) is 28.3 Å². The molecular formula is C19H15N5O2. The van der Waals surface area contributed by atoms with Gasteiger partial charge in [0.25, 0.3) is 0 Å².